The molecule has 2 heteroatoms. The Bertz CT molecular complexity index is 2770. The fourth-order valence-electron chi connectivity index (χ4n) is 9.00. The number of aromatic nitrogens is 2. The quantitative estimate of drug-likeness (QED) is 0.184. The van der Waals surface area contributed by atoms with Gasteiger partial charge in [0.25, 0.3) is 0 Å². The molecule has 2 aliphatic rings. The summed E-state index contributed by atoms with van der Waals surface area (Å²) in [6.45, 7) is 0. The third kappa shape index (κ3) is 4.03. The molecule has 2 nitrogen and oxygen atoms in total. The minimum Gasteiger partial charge on any atom is -0.292 e. The monoisotopic (exact) mass is 660 g/mol. The summed E-state index contributed by atoms with van der Waals surface area (Å²) in [5.41, 5.74) is 18.9. The lowest BCUT2D eigenvalue weighted by Gasteiger charge is -2.39. The normalized spacial score (nSPS) is 15.0. The molecular formula is C50H32N2. The maximum Gasteiger partial charge on any atom is 0.145 e. The topological polar surface area (TPSA) is 17.8 Å². The molecular weight excluding hydrogens is 629 g/mol. The van der Waals surface area contributed by atoms with Crippen LogP contribution in [0.25, 0.3) is 72.6 Å². The Morgan fingerprint density at radius 1 is 0.346 bits per heavy atom. The van der Waals surface area contributed by atoms with E-state index in [2.05, 4.69) is 199 Å². The Kier molecular flexibility index (Phi) is 6.20. The molecule has 11 rings (SSSR count). The van der Waals surface area contributed by atoms with Crippen molar-refractivity contribution in [3.63, 3.8) is 0 Å². The largest absolute Gasteiger partial charge is 0.292 e. The van der Waals surface area contributed by atoms with Gasteiger partial charge in [0, 0.05) is 5.56 Å². The number of hydrogen-bond donors (Lipinski definition) is 0. The second-order valence-corrected chi connectivity index (χ2v) is 13.9. The summed E-state index contributed by atoms with van der Waals surface area (Å²) < 4.78 is 2.40. The summed E-state index contributed by atoms with van der Waals surface area (Å²) in [7, 11) is 0. The molecule has 1 aliphatic carbocycles. The molecule has 1 atom stereocenters. The summed E-state index contributed by atoms with van der Waals surface area (Å²) in [5, 5.41) is 0. The molecule has 2 heterocycles. The second-order valence-electron chi connectivity index (χ2n) is 13.9. The number of rotatable bonds is 4. The van der Waals surface area contributed by atoms with Crippen LogP contribution in [-0.2, 0) is 5.41 Å². The Morgan fingerprint density at radius 2 is 0.885 bits per heavy atom. The highest BCUT2D eigenvalue weighted by Crippen LogP contribution is 2.61. The Hall–Kier alpha value is -6.77. The van der Waals surface area contributed by atoms with Crippen LogP contribution in [0.3, 0.4) is 0 Å². The van der Waals surface area contributed by atoms with E-state index in [1.54, 1.807) is 0 Å². The van der Waals surface area contributed by atoms with Crippen molar-refractivity contribution in [1.29, 1.82) is 0 Å². The highest BCUT2D eigenvalue weighted by molar-refractivity contribution is 5.98. The van der Waals surface area contributed by atoms with Crippen molar-refractivity contribution in [2.24, 2.45) is 0 Å². The van der Waals surface area contributed by atoms with Crippen LogP contribution in [0.2, 0.25) is 0 Å². The van der Waals surface area contributed by atoms with E-state index in [1.165, 1.54) is 78.0 Å². The fraction of sp³-hybridized carbons (Fsp3) is 0.0200. The van der Waals surface area contributed by atoms with Crippen molar-refractivity contribution in [3.8, 4) is 61.6 Å². The second kappa shape index (κ2) is 11.1. The average molecular weight is 661 g/mol. The van der Waals surface area contributed by atoms with Crippen molar-refractivity contribution < 1.29 is 0 Å². The van der Waals surface area contributed by atoms with Crippen LogP contribution < -0.4 is 0 Å². The molecule has 8 aromatic carbocycles. The number of para-hydroxylation sites is 2. The zero-order valence-corrected chi connectivity index (χ0v) is 28.4. The molecule has 0 bridgehead atoms. The molecule has 0 radical (unpaired) electrons. The third-order valence-corrected chi connectivity index (χ3v) is 11.2. The van der Waals surface area contributed by atoms with Crippen molar-refractivity contribution >= 4 is 11.0 Å². The van der Waals surface area contributed by atoms with E-state index in [1.807, 2.05) is 0 Å². The minimum absolute atomic E-state index is 0.526. The third-order valence-electron chi connectivity index (χ3n) is 11.2. The number of nitrogens with zero attached hydrogens (tertiary/aromatic N) is 2. The molecule has 0 saturated heterocycles. The van der Waals surface area contributed by atoms with Crippen LogP contribution in [0.5, 0.6) is 0 Å². The van der Waals surface area contributed by atoms with E-state index in [-0.39, 0.29) is 0 Å². The maximum atomic E-state index is 5.33. The first-order valence-electron chi connectivity index (χ1n) is 18.0. The van der Waals surface area contributed by atoms with E-state index in [0.717, 1.165) is 16.9 Å². The van der Waals surface area contributed by atoms with Gasteiger partial charge in [-0.3, -0.25) is 4.57 Å². The molecule has 0 fully saturated rings. The highest BCUT2D eigenvalue weighted by atomic mass is 15.1. The van der Waals surface area contributed by atoms with Crippen LogP contribution in [-0.4, -0.2) is 9.55 Å². The van der Waals surface area contributed by atoms with E-state index >= 15 is 0 Å². The number of hydrogen-bond acceptors (Lipinski definition) is 1. The zero-order valence-electron chi connectivity index (χ0n) is 28.4. The van der Waals surface area contributed by atoms with Crippen LogP contribution in [0.15, 0.2) is 194 Å². The number of fused-ring (bicyclic) bond motifs is 9. The molecule has 1 aliphatic heterocycles. The molecule has 0 N–H and O–H groups in total. The molecule has 1 unspecified atom stereocenters. The van der Waals surface area contributed by atoms with Crippen LogP contribution in [0.1, 0.15) is 22.3 Å². The summed E-state index contributed by atoms with van der Waals surface area (Å²) >= 11 is 0. The van der Waals surface area contributed by atoms with Crippen LogP contribution in [0.4, 0.5) is 0 Å². The van der Waals surface area contributed by atoms with E-state index < -0.39 is 5.41 Å². The molecule has 9 aromatic rings. The fourth-order valence-corrected chi connectivity index (χ4v) is 9.00. The van der Waals surface area contributed by atoms with Crippen molar-refractivity contribution in [2.45, 2.75) is 5.41 Å². The smallest absolute Gasteiger partial charge is 0.145 e. The minimum atomic E-state index is -0.526. The van der Waals surface area contributed by atoms with Gasteiger partial charge in [0.1, 0.15) is 5.82 Å². The number of benzene rings is 8. The van der Waals surface area contributed by atoms with Crippen molar-refractivity contribution in [3.05, 3.63) is 216 Å². The van der Waals surface area contributed by atoms with Gasteiger partial charge in [0.05, 0.1) is 22.1 Å². The van der Waals surface area contributed by atoms with Gasteiger partial charge in [0.15, 0.2) is 0 Å². The standard InChI is InChI=1S/C50H32N2/c1-4-15-33(16-5-1)37-29-38(34-17-6-2-7-18-34)31-39(30-37)36-27-28-41-40-21-10-11-22-42(40)50(45(41)32-36)43-23-12-13-26-47(43)52-48-44(50)24-14-25-46(48)51-49(52)35-19-8-3-9-20-35/h1-32H. The van der Waals surface area contributed by atoms with Crippen LogP contribution in [0, 0.1) is 0 Å². The number of imidazole rings is 1. The molecule has 1 aromatic heterocycles. The first-order chi connectivity index (χ1) is 25.8. The Balaban J connectivity index is 1.22. The van der Waals surface area contributed by atoms with E-state index in [4.69, 9.17) is 4.98 Å². The molecule has 242 valence electrons. The van der Waals surface area contributed by atoms with Gasteiger partial charge < -0.3 is 0 Å². The van der Waals surface area contributed by atoms with Crippen LogP contribution >= 0.6 is 0 Å². The van der Waals surface area contributed by atoms with Crippen molar-refractivity contribution in [1.82, 2.24) is 9.55 Å². The SMILES string of the molecule is c1ccc(-c2cc(-c3ccccc3)cc(-c3ccc4c(c3)C3(c5ccccc5-4)c4ccccc4-n4c(-c5ccccc5)nc5cccc3c54)c2)cc1. The van der Waals surface area contributed by atoms with Gasteiger partial charge in [-0.15, -0.1) is 0 Å². The summed E-state index contributed by atoms with van der Waals surface area (Å²) in [5.74, 6) is 0.969. The predicted octanol–water partition coefficient (Wildman–Crippen LogP) is 12.4. The Labute approximate surface area is 303 Å². The molecule has 0 saturated carbocycles. The van der Waals surface area contributed by atoms with E-state index in [0.29, 0.717) is 0 Å². The lowest BCUT2D eigenvalue weighted by Crippen LogP contribution is -2.33. The van der Waals surface area contributed by atoms with Gasteiger partial charge in [-0.25, -0.2) is 4.98 Å². The maximum absolute atomic E-state index is 5.33. The van der Waals surface area contributed by atoms with Gasteiger partial charge in [-0.05, 0) is 103 Å². The summed E-state index contributed by atoms with van der Waals surface area (Å²) in [6, 6.07) is 71.0. The summed E-state index contributed by atoms with van der Waals surface area (Å²) in [6.07, 6.45) is 0. The van der Waals surface area contributed by atoms with Gasteiger partial charge in [-0.1, -0.05) is 158 Å². The van der Waals surface area contributed by atoms with Crippen molar-refractivity contribution in [2.75, 3.05) is 0 Å². The molecule has 0 amide bonds. The molecule has 1 spiro atoms. The van der Waals surface area contributed by atoms with E-state index in [9.17, 15) is 0 Å². The first-order valence-corrected chi connectivity index (χ1v) is 18.0. The first kappa shape index (κ1) is 29.0. The van der Waals surface area contributed by atoms with Gasteiger partial charge in [-0.2, -0.15) is 0 Å². The lowest BCUT2D eigenvalue weighted by atomic mass is 9.65. The highest BCUT2D eigenvalue weighted by Gasteiger charge is 2.51. The zero-order chi connectivity index (χ0) is 34.2. The predicted molar refractivity (Wildman–Crippen MR) is 214 cm³/mol. The molecule has 52 heavy (non-hydrogen) atoms. The average Bonchev–Trinajstić information content (AvgIpc) is 3.76. The van der Waals surface area contributed by atoms with Gasteiger partial charge >= 0.3 is 0 Å². The Morgan fingerprint density at radius 3 is 1.58 bits per heavy atom. The van der Waals surface area contributed by atoms with Gasteiger partial charge in [0.2, 0.25) is 0 Å². The summed E-state index contributed by atoms with van der Waals surface area (Å²) in [4.78, 5) is 5.33. The lowest BCUT2D eigenvalue weighted by molar-refractivity contribution is 0.746.